The average molecular weight is 427 g/mol. The van der Waals surface area contributed by atoms with E-state index in [0.29, 0.717) is 30.5 Å². The summed E-state index contributed by atoms with van der Waals surface area (Å²) in [6.07, 6.45) is 6.45. The van der Waals surface area contributed by atoms with Crippen LogP contribution in [0, 0.1) is 12.8 Å². The topological polar surface area (TPSA) is 116 Å². The van der Waals surface area contributed by atoms with E-state index in [-0.39, 0.29) is 6.04 Å². The fraction of sp³-hybridized carbons (Fsp3) is 0.524. The van der Waals surface area contributed by atoms with Gasteiger partial charge in [0.2, 0.25) is 5.95 Å². The van der Waals surface area contributed by atoms with Crippen LogP contribution in [0.2, 0.25) is 0 Å². The van der Waals surface area contributed by atoms with E-state index >= 15 is 0 Å². The van der Waals surface area contributed by atoms with Gasteiger partial charge in [0.05, 0.1) is 34.3 Å². The molecule has 30 heavy (non-hydrogen) atoms. The van der Waals surface area contributed by atoms with Gasteiger partial charge in [-0.05, 0) is 51.5 Å². The molecule has 3 heterocycles. The standard InChI is InChI=1S/C21H26N6O2S/c1-11-17(19-25-13-10-22-8-7-14(13)30-19)18(26-15-5-6-16(28)21(15,2)29)27-20(24-11)23-9-12-3-4-12/h7-8,10,12,15-16,28-29H,3-6,9H2,1-2H3,(H2,23,24,26,27). The van der Waals surface area contributed by atoms with E-state index < -0.39 is 11.7 Å². The van der Waals surface area contributed by atoms with Crippen molar-refractivity contribution in [1.29, 1.82) is 0 Å². The molecule has 2 fully saturated rings. The summed E-state index contributed by atoms with van der Waals surface area (Å²) in [5, 5.41) is 28.6. The van der Waals surface area contributed by atoms with E-state index in [0.717, 1.165) is 33.0 Å². The van der Waals surface area contributed by atoms with Crippen LogP contribution in [-0.4, -0.2) is 54.4 Å². The van der Waals surface area contributed by atoms with E-state index in [1.165, 1.54) is 12.8 Å². The highest BCUT2D eigenvalue weighted by Crippen LogP contribution is 2.39. The van der Waals surface area contributed by atoms with E-state index in [4.69, 9.17) is 9.97 Å². The Balaban J connectivity index is 1.55. The Hall–Kier alpha value is -2.36. The molecule has 3 atom stereocenters. The Morgan fingerprint density at radius 3 is 2.73 bits per heavy atom. The molecule has 2 saturated carbocycles. The first-order valence-electron chi connectivity index (χ1n) is 10.4. The number of aliphatic hydroxyl groups is 2. The number of nitrogens with one attached hydrogen (secondary N) is 2. The Labute approximate surface area is 178 Å². The SMILES string of the molecule is Cc1nc(NCC2CC2)nc(NC2CCC(O)C2(C)O)c1-c1nc2cnccc2s1. The molecule has 0 bridgehead atoms. The maximum atomic E-state index is 10.8. The Kier molecular flexibility index (Phi) is 4.83. The van der Waals surface area contributed by atoms with Gasteiger partial charge in [-0.15, -0.1) is 11.3 Å². The molecule has 2 aliphatic carbocycles. The monoisotopic (exact) mass is 426 g/mol. The van der Waals surface area contributed by atoms with E-state index in [2.05, 4.69) is 20.6 Å². The van der Waals surface area contributed by atoms with Gasteiger partial charge in [0.15, 0.2) is 0 Å². The number of anilines is 2. The van der Waals surface area contributed by atoms with Crippen LogP contribution in [0.15, 0.2) is 18.5 Å². The molecule has 9 heteroatoms. The molecule has 0 spiro atoms. The lowest BCUT2D eigenvalue weighted by Gasteiger charge is -2.30. The summed E-state index contributed by atoms with van der Waals surface area (Å²) in [6.45, 7) is 4.49. The molecule has 0 amide bonds. The van der Waals surface area contributed by atoms with Gasteiger partial charge < -0.3 is 20.8 Å². The second-order valence-electron chi connectivity index (χ2n) is 8.56. The minimum atomic E-state index is -1.23. The third kappa shape index (κ3) is 3.61. The highest BCUT2D eigenvalue weighted by Gasteiger charge is 2.45. The van der Waals surface area contributed by atoms with Crippen molar-refractivity contribution in [2.75, 3.05) is 17.2 Å². The molecule has 0 aromatic carbocycles. The summed E-state index contributed by atoms with van der Waals surface area (Å²) in [4.78, 5) is 18.4. The molecule has 5 rings (SSSR count). The van der Waals surface area contributed by atoms with Crippen LogP contribution in [-0.2, 0) is 0 Å². The highest BCUT2D eigenvalue weighted by atomic mass is 32.1. The fourth-order valence-electron chi connectivity index (χ4n) is 3.98. The van der Waals surface area contributed by atoms with Gasteiger partial charge in [0.1, 0.15) is 21.9 Å². The van der Waals surface area contributed by atoms with Crippen molar-refractivity contribution >= 4 is 33.3 Å². The molecule has 3 aromatic rings. The van der Waals surface area contributed by atoms with E-state index in [9.17, 15) is 10.2 Å². The van der Waals surface area contributed by atoms with Crippen LogP contribution >= 0.6 is 11.3 Å². The van der Waals surface area contributed by atoms with Crippen molar-refractivity contribution in [3.8, 4) is 10.6 Å². The van der Waals surface area contributed by atoms with Crippen LogP contribution in [0.5, 0.6) is 0 Å². The molecular formula is C21H26N6O2S. The van der Waals surface area contributed by atoms with Gasteiger partial charge in [0.25, 0.3) is 0 Å². The lowest BCUT2D eigenvalue weighted by Crippen LogP contribution is -2.47. The zero-order valence-electron chi connectivity index (χ0n) is 17.1. The molecule has 0 radical (unpaired) electrons. The summed E-state index contributed by atoms with van der Waals surface area (Å²) in [6, 6.07) is 1.64. The lowest BCUT2D eigenvalue weighted by molar-refractivity contribution is -0.0439. The first-order chi connectivity index (χ1) is 14.4. The number of rotatable bonds is 6. The lowest BCUT2D eigenvalue weighted by atomic mass is 9.98. The summed E-state index contributed by atoms with van der Waals surface area (Å²) in [5.74, 6) is 1.91. The van der Waals surface area contributed by atoms with Gasteiger partial charge >= 0.3 is 0 Å². The van der Waals surface area contributed by atoms with Crippen molar-refractivity contribution in [3.63, 3.8) is 0 Å². The van der Waals surface area contributed by atoms with Gasteiger partial charge in [-0.2, -0.15) is 4.98 Å². The number of aliphatic hydroxyl groups excluding tert-OH is 1. The molecule has 2 aliphatic rings. The fourth-order valence-corrected chi connectivity index (χ4v) is 5.01. The summed E-state index contributed by atoms with van der Waals surface area (Å²) >= 11 is 1.57. The number of aromatic nitrogens is 4. The number of pyridine rings is 1. The summed E-state index contributed by atoms with van der Waals surface area (Å²) in [5.41, 5.74) is 1.25. The Morgan fingerprint density at radius 1 is 1.20 bits per heavy atom. The van der Waals surface area contributed by atoms with Crippen LogP contribution in [0.1, 0.15) is 38.3 Å². The van der Waals surface area contributed by atoms with Crippen molar-refractivity contribution in [2.45, 2.75) is 57.3 Å². The van der Waals surface area contributed by atoms with Crippen LogP contribution in [0.3, 0.4) is 0 Å². The minimum Gasteiger partial charge on any atom is -0.390 e. The van der Waals surface area contributed by atoms with Crippen molar-refractivity contribution in [2.24, 2.45) is 5.92 Å². The average Bonchev–Trinajstić information content (AvgIpc) is 3.39. The Bertz CT molecular complexity index is 1050. The second-order valence-corrected chi connectivity index (χ2v) is 9.59. The largest absolute Gasteiger partial charge is 0.390 e. The van der Waals surface area contributed by atoms with Gasteiger partial charge in [-0.1, -0.05) is 0 Å². The normalized spacial score (nSPS) is 26.3. The Morgan fingerprint density at radius 2 is 2.03 bits per heavy atom. The molecule has 3 unspecified atom stereocenters. The molecule has 4 N–H and O–H groups in total. The zero-order chi connectivity index (χ0) is 20.9. The van der Waals surface area contributed by atoms with Gasteiger partial charge in [0, 0.05) is 12.7 Å². The van der Waals surface area contributed by atoms with E-state index in [1.54, 1.807) is 30.7 Å². The van der Waals surface area contributed by atoms with E-state index in [1.807, 2.05) is 13.0 Å². The zero-order valence-corrected chi connectivity index (χ0v) is 17.9. The van der Waals surface area contributed by atoms with Gasteiger partial charge in [-0.3, -0.25) is 4.98 Å². The smallest absolute Gasteiger partial charge is 0.224 e. The maximum Gasteiger partial charge on any atom is 0.224 e. The quantitative estimate of drug-likeness (QED) is 0.475. The second kappa shape index (κ2) is 7.40. The molecule has 158 valence electrons. The number of hydrogen-bond donors (Lipinski definition) is 4. The van der Waals surface area contributed by atoms with Crippen LogP contribution in [0.4, 0.5) is 11.8 Å². The first kappa shape index (κ1) is 19.6. The van der Waals surface area contributed by atoms with Crippen molar-refractivity contribution in [3.05, 3.63) is 24.2 Å². The molecule has 3 aromatic heterocycles. The number of nitrogens with zero attached hydrogens (tertiary/aromatic N) is 4. The summed E-state index contributed by atoms with van der Waals surface area (Å²) in [7, 11) is 0. The van der Waals surface area contributed by atoms with Gasteiger partial charge in [-0.25, -0.2) is 9.97 Å². The number of thiazole rings is 1. The molecular weight excluding hydrogens is 400 g/mol. The summed E-state index contributed by atoms with van der Waals surface area (Å²) < 4.78 is 1.05. The van der Waals surface area contributed by atoms with Crippen LogP contribution in [0.25, 0.3) is 20.8 Å². The van der Waals surface area contributed by atoms with Crippen molar-refractivity contribution < 1.29 is 10.2 Å². The highest BCUT2D eigenvalue weighted by molar-refractivity contribution is 7.21. The maximum absolute atomic E-state index is 10.8. The third-order valence-corrected chi connectivity index (χ3v) is 7.21. The number of fused-ring (bicyclic) bond motifs is 1. The first-order valence-corrected chi connectivity index (χ1v) is 11.2. The number of hydrogen-bond acceptors (Lipinski definition) is 9. The molecule has 0 aliphatic heterocycles. The van der Waals surface area contributed by atoms with Crippen LogP contribution < -0.4 is 10.6 Å². The third-order valence-electron chi connectivity index (χ3n) is 6.16. The molecule has 8 nitrogen and oxygen atoms in total. The molecule has 0 saturated heterocycles. The predicted octanol–water partition coefficient (Wildman–Crippen LogP) is 2.96. The number of aryl methyl sites for hydroxylation is 1. The van der Waals surface area contributed by atoms with Crippen molar-refractivity contribution in [1.82, 2.24) is 19.9 Å². The predicted molar refractivity (Wildman–Crippen MR) is 118 cm³/mol. The minimum absolute atomic E-state index is 0.312.